The van der Waals surface area contributed by atoms with Crippen LogP contribution < -0.4 is 10.6 Å². The molecule has 2 fully saturated rings. The summed E-state index contributed by atoms with van der Waals surface area (Å²) in [6, 6.07) is 0.328. The lowest BCUT2D eigenvalue weighted by Gasteiger charge is -2.32. The van der Waals surface area contributed by atoms with Gasteiger partial charge in [-0.2, -0.15) is 0 Å². The molecule has 1 unspecified atom stereocenters. The Kier molecular flexibility index (Phi) is 4.55. The summed E-state index contributed by atoms with van der Waals surface area (Å²) in [6.07, 6.45) is 6.09. The van der Waals surface area contributed by atoms with Gasteiger partial charge in [0.05, 0.1) is 5.02 Å². The number of aromatic nitrogens is 2. The maximum absolute atomic E-state index is 12.2. The third-order valence-corrected chi connectivity index (χ3v) is 4.37. The van der Waals surface area contributed by atoms with Crippen molar-refractivity contribution < 1.29 is 4.79 Å². The van der Waals surface area contributed by atoms with Gasteiger partial charge in [0.15, 0.2) is 0 Å². The Balaban J connectivity index is 1.50. The Morgan fingerprint density at radius 2 is 2.00 bits per heavy atom. The van der Waals surface area contributed by atoms with Crippen molar-refractivity contribution in [3.8, 4) is 0 Å². The number of nitrogens with zero attached hydrogens (tertiary/aromatic N) is 3. The molecule has 114 valence electrons. The molecule has 1 atom stereocenters. The maximum atomic E-state index is 12.2. The molecule has 2 aliphatic heterocycles. The minimum atomic E-state index is 0.0548. The average molecular weight is 310 g/mol. The van der Waals surface area contributed by atoms with Gasteiger partial charge in [0.2, 0.25) is 0 Å². The summed E-state index contributed by atoms with van der Waals surface area (Å²) in [5.74, 6) is 1.15. The first-order chi connectivity index (χ1) is 10.2. The van der Waals surface area contributed by atoms with Gasteiger partial charge in [0, 0.05) is 44.0 Å². The normalized spacial score (nSPS) is 23.3. The fourth-order valence-corrected chi connectivity index (χ4v) is 3.02. The van der Waals surface area contributed by atoms with E-state index in [9.17, 15) is 4.79 Å². The number of rotatable bonds is 2. The number of amides is 2. The number of halogens is 1. The minimum absolute atomic E-state index is 0.0548. The van der Waals surface area contributed by atoms with Crippen LogP contribution in [0.25, 0.3) is 0 Å². The molecule has 0 aromatic carbocycles. The van der Waals surface area contributed by atoms with E-state index in [0.29, 0.717) is 10.9 Å². The molecule has 0 saturated carbocycles. The molecule has 0 radical (unpaired) electrons. The summed E-state index contributed by atoms with van der Waals surface area (Å²) in [4.78, 5) is 22.6. The lowest BCUT2D eigenvalue weighted by atomic mass is 9.96. The highest BCUT2D eigenvalue weighted by Gasteiger charge is 2.27. The lowest BCUT2D eigenvalue weighted by Crippen LogP contribution is -2.48. The third kappa shape index (κ3) is 3.63. The van der Waals surface area contributed by atoms with Crippen molar-refractivity contribution in [1.82, 2.24) is 25.5 Å². The summed E-state index contributed by atoms with van der Waals surface area (Å²) in [6.45, 7) is 3.37. The van der Waals surface area contributed by atoms with Gasteiger partial charge in [-0.05, 0) is 25.8 Å². The summed E-state index contributed by atoms with van der Waals surface area (Å²) < 4.78 is 0. The quantitative estimate of drug-likeness (QED) is 0.866. The van der Waals surface area contributed by atoms with E-state index in [4.69, 9.17) is 11.6 Å². The summed E-state index contributed by atoms with van der Waals surface area (Å²) in [5.41, 5.74) is 0. The van der Waals surface area contributed by atoms with E-state index in [2.05, 4.69) is 20.6 Å². The van der Waals surface area contributed by atoms with Crippen LogP contribution in [0.2, 0.25) is 5.02 Å². The molecular formula is C14H20ClN5O. The molecule has 1 aromatic rings. The largest absolute Gasteiger partial charge is 0.334 e. The number of hydrogen-bond acceptors (Lipinski definition) is 4. The highest BCUT2D eigenvalue weighted by atomic mass is 35.5. The van der Waals surface area contributed by atoms with Crippen LogP contribution in [0.4, 0.5) is 4.79 Å². The molecule has 2 saturated heterocycles. The van der Waals surface area contributed by atoms with Crippen molar-refractivity contribution in [1.29, 1.82) is 0 Å². The zero-order valence-corrected chi connectivity index (χ0v) is 12.6. The fourth-order valence-electron chi connectivity index (χ4n) is 2.92. The summed E-state index contributed by atoms with van der Waals surface area (Å²) >= 11 is 5.81. The summed E-state index contributed by atoms with van der Waals surface area (Å²) in [5, 5.41) is 6.90. The van der Waals surface area contributed by atoms with Crippen LogP contribution in [0.15, 0.2) is 12.4 Å². The maximum Gasteiger partial charge on any atom is 0.317 e. The van der Waals surface area contributed by atoms with E-state index in [1.54, 1.807) is 12.4 Å². The molecule has 0 bridgehead atoms. The molecule has 6 nitrogen and oxygen atoms in total. The smallest absolute Gasteiger partial charge is 0.317 e. The Labute approximate surface area is 129 Å². The Morgan fingerprint density at radius 3 is 2.62 bits per heavy atom. The molecule has 7 heteroatoms. The fraction of sp³-hybridized carbons (Fsp3) is 0.643. The number of hydrogen-bond donors (Lipinski definition) is 2. The zero-order valence-electron chi connectivity index (χ0n) is 11.9. The molecule has 2 aliphatic rings. The predicted molar refractivity (Wildman–Crippen MR) is 80.4 cm³/mol. The van der Waals surface area contributed by atoms with Crippen LogP contribution in [0.5, 0.6) is 0 Å². The monoisotopic (exact) mass is 309 g/mol. The Bertz CT molecular complexity index is 481. The molecule has 1 aromatic heterocycles. The van der Waals surface area contributed by atoms with Gasteiger partial charge in [0.25, 0.3) is 0 Å². The van der Waals surface area contributed by atoms with Gasteiger partial charge >= 0.3 is 6.03 Å². The average Bonchev–Trinajstić information content (AvgIpc) is 3.01. The van der Waals surface area contributed by atoms with Crippen LogP contribution in [0.1, 0.15) is 31.0 Å². The number of likely N-dealkylation sites (tertiary alicyclic amines) is 1. The number of nitrogens with one attached hydrogen (secondary N) is 2. The van der Waals surface area contributed by atoms with E-state index >= 15 is 0 Å². The van der Waals surface area contributed by atoms with Gasteiger partial charge in [-0.3, -0.25) is 0 Å². The number of carbonyl (C=O) groups excluding carboxylic acids is 1. The van der Waals surface area contributed by atoms with E-state index in [1.807, 2.05) is 4.90 Å². The van der Waals surface area contributed by atoms with Crippen molar-refractivity contribution in [2.75, 3.05) is 26.2 Å². The molecular weight excluding hydrogens is 290 g/mol. The standard InChI is InChI=1S/C14H20ClN5O/c15-11-7-17-13(18-8-11)10-2-5-20(6-3-10)14(21)19-12-1-4-16-9-12/h7-8,10,12,16H,1-6,9H2,(H,19,21). The first-order valence-electron chi connectivity index (χ1n) is 7.46. The van der Waals surface area contributed by atoms with Crippen LogP contribution in [0, 0.1) is 0 Å². The molecule has 0 aliphatic carbocycles. The molecule has 21 heavy (non-hydrogen) atoms. The van der Waals surface area contributed by atoms with E-state index in [1.165, 1.54) is 0 Å². The number of urea groups is 1. The van der Waals surface area contributed by atoms with E-state index in [-0.39, 0.29) is 12.1 Å². The molecule has 0 spiro atoms. The van der Waals surface area contributed by atoms with E-state index < -0.39 is 0 Å². The van der Waals surface area contributed by atoms with Gasteiger partial charge in [-0.25, -0.2) is 14.8 Å². The highest BCUT2D eigenvalue weighted by molar-refractivity contribution is 6.30. The van der Waals surface area contributed by atoms with Crippen LogP contribution in [0.3, 0.4) is 0 Å². The van der Waals surface area contributed by atoms with Crippen LogP contribution in [-0.4, -0.2) is 53.1 Å². The molecule has 2 N–H and O–H groups in total. The second-order valence-electron chi connectivity index (χ2n) is 5.66. The van der Waals surface area contributed by atoms with Crippen molar-refractivity contribution in [2.45, 2.75) is 31.2 Å². The molecule has 3 rings (SSSR count). The van der Waals surface area contributed by atoms with Gasteiger partial charge in [-0.1, -0.05) is 11.6 Å². The topological polar surface area (TPSA) is 70.2 Å². The second-order valence-corrected chi connectivity index (χ2v) is 6.10. The molecule has 2 amide bonds. The van der Waals surface area contributed by atoms with Gasteiger partial charge in [-0.15, -0.1) is 0 Å². The van der Waals surface area contributed by atoms with Crippen molar-refractivity contribution in [3.63, 3.8) is 0 Å². The third-order valence-electron chi connectivity index (χ3n) is 4.18. The van der Waals surface area contributed by atoms with Crippen molar-refractivity contribution in [2.24, 2.45) is 0 Å². The highest BCUT2D eigenvalue weighted by Crippen LogP contribution is 2.25. The van der Waals surface area contributed by atoms with Gasteiger partial charge in [0.1, 0.15) is 5.82 Å². The minimum Gasteiger partial charge on any atom is -0.334 e. The Morgan fingerprint density at radius 1 is 1.29 bits per heavy atom. The zero-order chi connectivity index (χ0) is 14.7. The summed E-state index contributed by atoms with van der Waals surface area (Å²) in [7, 11) is 0. The van der Waals surface area contributed by atoms with Crippen LogP contribution in [-0.2, 0) is 0 Å². The number of piperidine rings is 1. The SMILES string of the molecule is O=C(NC1CCNC1)N1CCC(c2ncc(Cl)cn2)CC1. The predicted octanol–water partition coefficient (Wildman–Crippen LogP) is 1.38. The van der Waals surface area contributed by atoms with Gasteiger partial charge < -0.3 is 15.5 Å². The second kappa shape index (κ2) is 6.58. The number of carbonyl (C=O) groups is 1. The first-order valence-corrected chi connectivity index (χ1v) is 7.84. The first kappa shape index (κ1) is 14.5. The van der Waals surface area contributed by atoms with E-state index in [0.717, 1.165) is 51.3 Å². The lowest BCUT2D eigenvalue weighted by molar-refractivity contribution is 0.177. The van der Waals surface area contributed by atoms with Crippen molar-refractivity contribution >= 4 is 17.6 Å². The van der Waals surface area contributed by atoms with Crippen LogP contribution >= 0.6 is 11.6 Å². The molecule has 3 heterocycles. The van der Waals surface area contributed by atoms with Crippen molar-refractivity contribution in [3.05, 3.63) is 23.2 Å². The Hall–Kier alpha value is -1.40.